The summed E-state index contributed by atoms with van der Waals surface area (Å²) < 4.78 is 5.13. The lowest BCUT2D eigenvalue weighted by Gasteiger charge is -2.40. The normalized spacial score (nSPS) is 18.7. The van der Waals surface area contributed by atoms with E-state index in [1.165, 1.54) is 12.0 Å². The number of carbonyl (C=O) groups excluding carboxylic acids is 3. The highest BCUT2D eigenvalue weighted by atomic mass is 16.5. The Bertz CT molecular complexity index is 935. The highest BCUT2D eigenvalue weighted by molar-refractivity contribution is 6.35. The van der Waals surface area contributed by atoms with Crippen LogP contribution in [-0.2, 0) is 14.4 Å². The number of para-hydroxylation sites is 1. The largest absolute Gasteiger partial charge is 0.497 e. The van der Waals surface area contributed by atoms with Crippen molar-refractivity contribution in [2.75, 3.05) is 37.0 Å². The predicted molar refractivity (Wildman–Crippen MR) is 106 cm³/mol. The summed E-state index contributed by atoms with van der Waals surface area (Å²) in [5, 5.41) is 3.78. The molecule has 9 heteroatoms. The molecule has 2 saturated heterocycles. The summed E-state index contributed by atoms with van der Waals surface area (Å²) in [4.78, 5) is 40.9. The fraction of sp³-hybridized carbons (Fsp3) is 0.250. The van der Waals surface area contributed by atoms with E-state index in [1.54, 1.807) is 24.3 Å². The lowest BCUT2D eigenvalue weighted by atomic mass is 10.3. The van der Waals surface area contributed by atoms with Gasteiger partial charge in [0.25, 0.3) is 0 Å². The van der Waals surface area contributed by atoms with Crippen LogP contribution in [0.2, 0.25) is 0 Å². The van der Waals surface area contributed by atoms with E-state index >= 15 is 0 Å². The van der Waals surface area contributed by atoms with Gasteiger partial charge in [0.05, 0.1) is 7.11 Å². The lowest BCUT2D eigenvalue weighted by Crippen LogP contribution is -2.68. The first kappa shape index (κ1) is 18.8. The zero-order valence-electron chi connectivity index (χ0n) is 15.9. The monoisotopic (exact) mass is 395 g/mol. The van der Waals surface area contributed by atoms with Crippen LogP contribution in [-0.4, -0.2) is 60.7 Å². The Kier molecular flexibility index (Phi) is 5.05. The first-order chi connectivity index (χ1) is 14.1. The third-order valence-corrected chi connectivity index (χ3v) is 4.88. The van der Waals surface area contributed by atoms with Gasteiger partial charge in [0.2, 0.25) is 5.91 Å². The number of hydrogen-bond acceptors (Lipinski definition) is 6. The number of hydrazine groups is 1. The van der Waals surface area contributed by atoms with Gasteiger partial charge in [-0.05, 0) is 24.3 Å². The standard InChI is InChI=1S/C20H21N5O4/c1-29-16-9-5-6-14(12-16)21-17(26)13-25-19(28)18(27)24-11-10-23(20(24)22-25)15-7-3-2-4-8-15/h2-9,12,20,22H,10-11,13H2,1H3,(H,21,26). The van der Waals surface area contributed by atoms with Gasteiger partial charge in [0.15, 0.2) is 6.29 Å². The molecule has 9 nitrogen and oxygen atoms in total. The first-order valence-corrected chi connectivity index (χ1v) is 9.21. The second-order valence-corrected chi connectivity index (χ2v) is 6.70. The molecule has 2 aliphatic rings. The number of rotatable bonds is 5. The van der Waals surface area contributed by atoms with Gasteiger partial charge in [-0.25, -0.2) is 0 Å². The van der Waals surface area contributed by atoms with Crippen LogP contribution in [0.5, 0.6) is 5.75 Å². The number of fused-ring (bicyclic) bond motifs is 1. The van der Waals surface area contributed by atoms with Crippen LogP contribution < -0.4 is 20.4 Å². The summed E-state index contributed by atoms with van der Waals surface area (Å²) >= 11 is 0. The molecule has 2 aromatic carbocycles. The molecule has 1 unspecified atom stereocenters. The minimum absolute atomic E-state index is 0.297. The van der Waals surface area contributed by atoms with Crippen LogP contribution >= 0.6 is 0 Å². The van der Waals surface area contributed by atoms with Gasteiger partial charge < -0.3 is 15.0 Å². The lowest BCUT2D eigenvalue weighted by molar-refractivity contribution is -0.163. The molecule has 29 heavy (non-hydrogen) atoms. The molecule has 2 aliphatic heterocycles. The molecule has 0 spiro atoms. The smallest absolute Gasteiger partial charge is 0.326 e. The molecule has 150 valence electrons. The molecule has 0 radical (unpaired) electrons. The number of methoxy groups -OCH3 is 1. The Hall–Kier alpha value is -3.59. The Morgan fingerprint density at radius 3 is 2.59 bits per heavy atom. The topological polar surface area (TPSA) is 94.2 Å². The van der Waals surface area contributed by atoms with Crippen molar-refractivity contribution in [3.8, 4) is 5.75 Å². The number of benzene rings is 2. The minimum Gasteiger partial charge on any atom is -0.497 e. The summed E-state index contributed by atoms with van der Waals surface area (Å²) in [5.74, 6) is -1.20. The number of carbonyl (C=O) groups is 3. The molecule has 3 amide bonds. The minimum atomic E-state index is -0.753. The predicted octanol–water partition coefficient (Wildman–Crippen LogP) is 0.613. The Labute approximate surface area is 167 Å². The number of nitrogens with one attached hydrogen (secondary N) is 2. The molecule has 0 saturated carbocycles. The van der Waals surface area contributed by atoms with E-state index in [-0.39, 0.29) is 6.54 Å². The molecule has 4 rings (SSSR count). The molecule has 2 N–H and O–H groups in total. The van der Waals surface area contributed by atoms with Crippen molar-refractivity contribution < 1.29 is 19.1 Å². The van der Waals surface area contributed by atoms with E-state index in [2.05, 4.69) is 10.7 Å². The van der Waals surface area contributed by atoms with Crippen molar-refractivity contribution in [2.24, 2.45) is 0 Å². The fourth-order valence-corrected chi connectivity index (χ4v) is 3.47. The Morgan fingerprint density at radius 1 is 1.07 bits per heavy atom. The molecule has 0 aromatic heterocycles. The average Bonchev–Trinajstić information content (AvgIpc) is 3.16. The molecule has 2 fully saturated rings. The molecule has 1 atom stereocenters. The number of anilines is 2. The van der Waals surface area contributed by atoms with Gasteiger partial charge in [-0.1, -0.05) is 24.3 Å². The van der Waals surface area contributed by atoms with Gasteiger partial charge in [-0.2, -0.15) is 5.43 Å². The summed E-state index contributed by atoms with van der Waals surface area (Å²) in [6, 6.07) is 16.5. The summed E-state index contributed by atoms with van der Waals surface area (Å²) in [5.41, 5.74) is 4.48. The summed E-state index contributed by atoms with van der Waals surface area (Å²) in [7, 11) is 1.54. The highest BCUT2D eigenvalue weighted by Crippen LogP contribution is 2.25. The maximum absolute atomic E-state index is 12.5. The van der Waals surface area contributed by atoms with E-state index in [0.29, 0.717) is 24.5 Å². The molecule has 2 aromatic rings. The number of amides is 3. The van der Waals surface area contributed by atoms with Crippen molar-refractivity contribution in [1.82, 2.24) is 15.3 Å². The number of ether oxygens (including phenoxy) is 1. The van der Waals surface area contributed by atoms with Crippen LogP contribution in [0.15, 0.2) is 54.6 Å². The third kappa shape index (κ3) is 3.72. The maximum atomic E-state index is 12.5. The van der Waals surface area contributed by atoms with Crippen molar-refractivity contribution in [2.45, 2.75) is 6.29 Å². The van der Waals surface area contributed by atoms with E-state index < -0.39 is 24.0 Å². The van der Waals surface area contributed by atoms with Crippen LogP contribution in [0.1, 0.15) is 0 Å². The maximum Gasteiger partial charge on any atom is 0.326 e. The highest BCUT2D eigenvalue weighted by Gasteiger charge is 2.45. The van der Waals surface area contributed by atoms with E-state index in [0.717, 1.165) is 10.7 Å². The van der Waals surface area contributed by atoms with Crippen LogP contribution in [0.3, 0.4) is 0 Å². The van der Waals surface area contributed by atoms with E-state index in [1.807, 2.05) is 35.2 Å². The van der Waals surface area contributed by atoms with Crippen molar-refractivity contribution >= 4 is 29.1 Å². The van der Waals surface area contributed by atoms with Crippen LogP contribution in [0.25, 0.3) is 0 Å². The Balaban J connectivity index is 1.46. The van der Waals surface area contributed by atoms with Gasteiger partial charge in [0.1, 0.15) is 12.3 Å². The zero-order chi connectivity index (χ0) is 20.4. The van der Waals surface area contributed by atoms with Gasteiger partial charge in [0, 0.05) is 30.5 Å². The fourth-order valence-electron chi connectivity index (χ4n) is 3.47. The summed E-state index contributed by atoms with van der Waals surface area (Å²) in [6.07, 6.45) is -0.521. The second-order valence-electron chi connectivity index (χ2n) is 6.70. The van der Waals surface area contributed by atoms with Gasteiger partial charge in [-0.15, -0.1) is 0 Å². The van der Waals surface area contributed by atoms with E-state index in [9.17, 15) is 14.4 Å². The summed E-state index contributed by atoms with van der Waals surface area (Å²) in [6.45, 7) is 0.722. The van der Waals surface area contributed by atoms with Crippen LogP contribution in [0.4, 0.5) is 11.4 Å². The van der Waals surface area contributed by atoms with Crippen molar-refractivity contribution in [3.63, 3.8) is 0 Å². The second kappa shape index (κ2) is 7.80. The zero-order valence-corrected chi connectivity index (χ0v) is 15.9. The quantitative estimate of drug-likeness (QED) is 0.721. The van der Waals surface area contributed by atoms with Crippen molar-refractivity contribution in [1.29, 1.82) is 0 Å². The molecular formula is C20H21N5O4. The van der Waals surface area contributed by atoms with Gasteiger partial charge in [-0.3, -0.25) is 24.3 Å². The number of nitrogens with zero attached hydrogens (tertiary/aromatic N) is 3. The first-order valence-electron chi connectivity index (χ1n) is 9.21. The molecule has 0 bridgehead atoms. The number of hydrogen-bond donors (Lipinski definition) is 2. The SMILES string of the molecule is COc1cccc(NC(=O)CN2NC3N(CCN3c3ccccc3)C(=O)C2=O)c1. The van der Waals surface area contributed by atoms with E-state index in [4.69, 9.17) is 4.74 Å². The third-order valence-electron chi connectivity index (χ3n) is 4.88. The molecule has 2 heterocycles. The molecular weight excluding hydrogens is 374 g/mol. The van der Waals surface area contributed by atoms with Crippen LogP contribution in [0, 0.1) is 0 Å². The molecule has 0 aliphatic carbocycles. The van der Waals surface area contributed by atoms with Crippen molar-refractivity contribution in [3.05, 3.63) is 54.6 Å². The average molecular weight is 395 g/mol. The van der Waals surface area contributed by atoms with Gasteiger partial charge >= 0.3 is 11.8 Å². The Morgan fingerprint density at radius 2 is 1.83 bits per heavy atom.